The van der Waals surface area contributed by atoms with E-state index in [1.165, 1.54) is 0 Å². The third kappa shape index (κ3) is 1.99. The monoisotopic (exact) mass is 205 g/mol. The Balaban J connectivity index is 2.18. The molecular weight excluding hydrogens is 190 g/mol. The number of nitrogen functional groups attached to an aromatic ring is 1. The predicted molar refractivity (Wildman–Crippen MR) is 58.3 cm³/mol. The molecule has 2 rings (SSSR count). The number of rotatable bonds is 2. The molecule has 1 heterocycles. The van der Waals surface area contributed by atoms with Crippen LogP contribution in [-0.4, -0.2) is 16.8 Å². The first-order chi connectivity index (χ1) is 7.18. The van der Waals surface area contributed by atoms with E-state index in [9.17, 15) is 4.79 Å². The van der Waals surface area contributed by atoms with Crippen LogP contribution in [0.5, 0.6) is 0 Å². The Morgan fingerprint density at radius 3 is 2.87 bits per heavy atom. The van der Waals surface area contributed by atoms with Gasteiger partial charge in [-0.15, -0.1) is 0 Å². The van der Waals surface area contributed by atoms with Crippen LogP contribution in [0.4, 0.5) is 5.69 Å². The zero-order valence-corrected chi connectivity index (χ0v) is 8.52. The van der Waals surface area contributed by atoms with Crippen LogP contribution in [0.25, 0.3) is 0 Å². The molecule has 0 spiro atoms. The summed E-state index contributed by atoms with van der Waals surface area (Å²) in [4.78, 5) is 16.0. The maximum atomic E-state index is 12.0. The first kappa shape index (κ1) is 10.1. The van der Waals surface area contributed by atoms with E-state index in [1.807, 2.05) is 0 Å². The molecule has 1 aliphatic rings. The molecule has 4 N–H and O–H groups in total. The maximum Gasteiger partial charge on any atom is 0.169 e. The number of nitrogens with zero attached hydrogens (tertiary/aromatic N) is 1. The van der Waals surface area contributed by atoms with E-state index < -0.39 is 0 Å². The number of ketones is 1. The van der Waals surface area contributed by atoms with Crippen molar-refractivity contribution in [1.82, 2.24) is 4.98 Å². The molecule has 4 nitrogen and oxygen atoms in total. The molecule has 0 aromatic carbocycles. The molecule has 1 aromatic heterocycles. The zero-order chi connectivity index (χ0) is 10.8. The summed E-state index contributed by atoms with van der Waals surface area (Å²) in [5, 5.41) is 0. The Morgan fingerprint density at radius 2 is 2.27 bits per heavy atom. The number of anilines is 1. The van der Waals surface area contributed by atoms with Crippen molar-refractivity contribution in [1.29, 1.82) is 0 Å². The molecule has 2 unspecified atom stereocenters. The Morgan fingerprint density at radius 1 is 1.47 bits per heavy atom. The van der Waals surface area contributed by atoms with Crippen LogP contribution in [0.1, 0.15) is 29.6 Å². The maximum absolute atomic E-state index is 12.0. The predicted octanol–water partition coefficient (Wildman–Crippen LogP) is 0.974. The molecule has 4 heteroatoms. The number of aromatic nitrogens is 1. The third-order valence-electron chi connectivity index (χ3n) is 2.96. The molecule has 0 bridgehead atoms. The molecular formula is C11H15N3O. The molecule has 0 radical (unpaired) electrons. The minimum atomic E-state index is 0.0338. The molecule has 0 saturated heterocycles. The summed E-state index contributed by atoms with van der Waals surface area (Å²) < 4.78 is 0. The van der Waals surface area contributed by atoms with Crippen molar-refractivity contribution in [2.45, 2.75) is 25.3 Å². The second kappa shape index (κ2) is 3.98. The second-order valence-electron chi connectivity index (χ2n) is 4.10. The Bertz CT molecular complexity index is 378. The summed E-state index contributed by atoms with van der Waals surface area (Å²) in [5.74, 6) is 0.125. The van der Waals surface area contributed by atoms with Crippen LogP contribution in [-0.2, 0) is 0 Å². The lowest BCUT2D eigenvalue weighted by Crippen LogP contribution is -2.18. The van der Waals surface area contributed by atoms with Gasteiger partial charge in [-0.05, 0) is 25.3 Å². The van der Waals surface area contributed by atoms with E-state index in [-0.39, 0.29) is 17.7 Å². The van der Waals surface area contributed by atoms with Crippen LogP contribution in [0.15, 0.2) is 18.5 Å². The fraction of sp³-hybridized carbons (Fsp3) is 0.455. The molecule has 0 aliphatic heterocycles. The fourth-order valence-electron chi connectivity index (χ4n) is 2.09. The lowest BCUT2D eigenvalue weighted by atomic mass is 9.96. The zero-order valence-electron chi connectivity index (χ0n) is 8.52. The highest BCUT2D eigenvalue weighted by Crippen LogP contribution is 2.28. The number of Topliss-reactive ketones (excluding diaryl/α,β-unsaturated/α-hetero) is 1. The van der Waals surface area contributed by atoms with Gasteiger partial charge in [0.25, 0.3) is 0 Å². The normalized spacial score (nSPS) is 25.4. The van der Waals surface area contributed by atoms with E-state index in [2.05, 4.69) is 4.98 Å². The van der Waals surface area contributed by atoms with Crippen LogP contribution in [0.2, 0.25) is 0 Å². The minimum absolute atomic E-state index is 0.0338. The van der Waals surface area contributed by atoms with Crippen LogP contribution in [0, 0.1) is 5.92 Å². The molecule has 1 saturated carbocycles. The highest BCUT2D eigenvalue weighted by atomic mass is 16.1. The van der Waals surface area contributed by atoms with Crippen LogP contribution < -0.4 is 11.5 Å². The first-order valence-corrected chi connectivity index (χ1v) is 5.17. The Kier molecular flexibility index (Phi) is 2.68. The van der Waals surface area contributed by atoms with Gasteiger partial charge in [0.2, 0.25) is 0 Å². The number of pyridine rings is 1. The van der Waals surface area contributed by atoms with Gasteiger partial charge >= 0.3 is 0 Å². The number of nitrogens with two attached hydrogens (primary N) is 2. The summed E-state index contributed by atoms with van der Waals surface area (Å²) in [6.45, 7) is 0. The van der Waals surface area contributed by atoms with Crippen LogP contribution >= 0.6 is 0 Å². The first-order valence-electron chi connectivity index (χ1n) is 5.17. The van der Waals surface area contributed by atoms with Crippen molar-refractivity contribution in [3.63, 3.8) is 0 Å². The summed E-state index contributed by atoms with van der Waals surface area (Å²) in [6.07, 6.45) is 5.70. The summed E-state index contributed by atoms with van der Waals surface area (Å²) in [6, 6.07) is 1.82. The van der Waals surface area contributed by atoms with Gasteiger partial charge in [0.1, 0.15) is 0 Å². The Hall–Kier alpha value is -1.42. The van der Waals surface area contributed by atoms with Crippen molar-refractivity contribution in [3.8, 4) is 0 Å². The van der Waals surface area contributed by atoms with Gasteiger partial charge in [-0.3, -0.25) is 9.78 Å². The average molecular weight is 205 g/mol. The lowest BCUT2D eigenvalue weighted by Gasteiger charge is -2.09. The van der Waals surface area contributed by atoms with Gasteiger partial charge in [0.15, 0.2) is 5.78 Å². The van der Waals surface area contributed by atoms with Crippen molar-refractivity contribution < 1.29 is 4.79 Å². The SMILES string of the molecule is Nc1ccncc1C(=O)C1CCC(N)C1. The van der Waals surface area contributed by atoms with E-state index in [1.54, 1.807) is 18.5 Å². The lowest BCUT2D eigenvalue weighted by molar-refractivity contribution is 0.0922. The van der Waals surface area contributed by atoms with E-state index in [0.29, 0.717) is 11.3 Å². The summed E-state index contributed by atoms with van der Waals surface area (Å²) in [5.41, 5.74) is 12.6. The molecule has 15 heavy (non-hydrogen) atoms. The van der Waals surface area contributed by atoms with Crippen molar-refractivity contribution in [2.75, 3.05) is 5.73 Å². The number of carbonyl (C=O) groups excluding carboxylic acids is 1. The highest BCUT2D eigenvalue weighted by Gasteiger charge is 2.29. The smallest absolute Gasteiger partial charge is 0.169 e. The molecule has 2 atom stereocenters. The molecule has 1 aromatic rings. The van der Waals surface area contributed by atoms with Gasteiger partial charge in [-0.1, -0.05) is 0 Å². The molecule has 1 aliphatic carbocycles. The number of carbonyl (C=O) groups is 1. The van der Waals surface area contributed by atoms with E-state index in [0.717, 1.165) is 19.3 Å². The second-order valence-corrected chi connectivity index (χ2v) is 4.10. The largest absolute Gasteiger partial charge is 0.398 e. The Labute approximate surface area is 88.7 Å². The van der Waals surface area contributed by atoms with Crippen LogP contribution in [0.3, 0.4) is 0 Å². The standard InChI is InChI=1S/C11H15N3O/c12-8-2-1-7(5-8)11(15)9-6-14-4-3-10(9)13/h3-4,6-8H,1-2,5,12H2,(H2,13,14). The number of hydrogen-bond donors (Lipinski definition) is 2. The highest BCUT2D eigenvalue weighted by molar-refractivity contribution is 6.02. The molecule has 1 fully saturated rings. The summed E-state index contributed by atoms with van der Waals surface area (Å²) >= 11 is 0. The van der Waals surface area contributed by atoms with Gasteiger partial charge < -0.3 is 11.5 Å². The van der Waals surface area contributed by atoms with E-state index in [4.69, 9.17) is 11.5 Å². The topological polar surface area (TPSA) is 82.0 Å². The van der Waals surface area contributed by atoms with Crippen molar-refractivity contribution >= 4 is 11.5 Å². The van der Waals surface area contributed by atoms with Gasteiger partial charge in [0.05, 0.1) is 5.56 Å². The molecule has 80 valence electrons. The van der Waals surface area contributed by atoms with E-state index >= 15 is 0 Å². The third-order valence-corrected chi connectivity index (χ3v) is 2.96. The van der Waals surface area contributed by atoms with Gasteiger partial charge in [0, 0.05) is 30.0 Å². The number of hydrogen-bond acceptors (Lipinski definition) is 4. The van der Waals surface area contributed by atoms with Crippen molar-refractivity contribution in [2.24, 2.45) is 11.7 Å². The minimum Gasteiger partial charge on any atom is -0.398 e. The quantitative estimate of drug-likeness (QED) is 0.705. The van der Waals surface area contributed by atoms with Gasteiger partial charge in [-0.25, -0.2) is 0 Å². The fourth-order valence-corrected chi connectivity index (χ4v) is 2.09. The van der Waals surface area contributed by atoms with Gasteiger partial charge in [-0.2, -0.15) is 0 Å². The summed E-state index contributed by atoms with van der Waals surface area (Å²) in [7, 11) is 0. The molecule has 0 amide bonds. The average Bonchev–Trinajstić information content (AvgIpc) is 2.65. The van der Waals surface area contributed by atoms with Crippen molar-refractivity contribution in [3.05, 3.63) is 24.0 Å².